The van der Waals surface area contributed by atoms with Crippen LogP contribution in [0.25, 0.3) is 0 Å². The van der Waals surface area contributed by atoms with Gasteiger partial charge in [-0.3, -0.25) is 28.8 Å². The second-order valence-corrected chi connectivity index (χ2v) is 22.4. The molecule has 0 heterocycles. The number of urea groups is 1. The molecular formula is C56H93N7O19. The zero-order valence-electron chi connectivity index (χ0n) is 50.1. The summed E-state index contributed by atoms with van der Waals surface area (Å²) in [6.45, 7) is 22.0. The van der Waals surface area contributed by atoms with E-state index in [1.165, 1.54) is 6.92 Å². The number of hydrogen-bond acceptors (Lipinski definition) is 18. The van der Waals surface area contributed by atoms with E-state index in [0.717, 1.165) is 5.56 Å². The van der Waals surface area contributed by atoms with Gasteiger partial charge in [0.05, 0.1) is 52.9 Å². The van der Waals surface area contributed by atoms with Gasteiger partial charge in [0.1, 0.15) is 53.6 Å². The topological polar surface area (TPSA) is 349 Å². The minimum atomic E-state index is -1.27. The molecule has 0 radical (unpaired) electrons. The number of unbranched alkanes of at least 4 members (excludes halogenated alkanes) is 1. The summed E-state index contributed by atoms with van der Waals surface area (Å²) in [7, 11) is 0. The summed E-state index contributed by atoms with van der Waals surface area (Å²) < 4.78 is 43.6. The molecular weight excluding hydrogens is 1070 g/mol. The van der Waals surface area contributed by atoms with E-state index in [1.807, 2.05) is 6.07 Å². The predicted molar refractivity (Wildman–Crippen MR) is 299 cm³/mol. The van der Waals surface area contributed by atoms with Crippen molar-refractivity contribution >= 4 is 59.6 Å². The number of carbonyl (C=O) groups is 10. The molecule has 0 aliphatic heterocycles. The molecule has 0 unspecified atom stereocenters. The second kappa shape index (κ2) is 39.0. The van der Waals surface area contributed by atoms with Crippen molar-refractivity contribution in [2.45, 2.75) is 188 Å². The van der Waals surface area contributed by atoms with Gasteiger partial charge in [0.15, 0.2) is 0 Å². The van der Waals surface area contributed by atoms with E-state index in [0.29, 0.717) is 12.8 Å². The van der Waals surface area contributed by atoms with Crippen LogP contribution in [0.4, 0.5) is 9.59 Å². The number of nitrogens with one attached hydrogen (secondary N) is 7. The summed E-state index contributed by atoms with van der Waals surface area (Å²) in [5.41, 5.74) is -1.83. The second-order valence-electron chi connectivity index (χ2n) is 22.4. The highest BCUT2D eigenvalue weighted by Crippen LogP contribution is 2.16. The number of esters is 3. The smallest absolute Gasteiger partial charge is 0.408 e. The van der Waals surface area contributed by atoms with Crippen LogP contribution in [0.2, 0.25) is 0 Å². The van der Waals surface area contributed by atoms with Gasteiger partial charge in [-0.25, -0.2) is 19.2 Å². The number of aliphatic carboxylic acids is 1. The molecule has 0 aliphatic carbocycles. The fourth-order valence-corrected chi connectivity index (χ4v) is 6.93. The Morgan fingerprint density at radius 3 is 1.50 bits per heavy atom. The number of carbonyl (C=O) groups excluding carboxylic acids is 9. The Balaban J connectivity index is 2.38. The summed E-state index contributed by atoms with van der Waals surface area (Å²) >= 11 is 0. The van der Waals surface area contributed by atoms with Crippen LogP contribution in [0.15, 0.2) is 30.3 Å². The van der Waals surface area contributed by atoms with Gasteiger partial charge in [-0.2, -0.15) is 0 Å². The number of rotatable bonds is 39. The molecule has 0 aliphatic rings. The molecule has 1 rings (SSSR count). The molecule has 0 fully saturated rings. The summed E-state index contributed by atoms with van der Waals surface area (Å²) in [5, 5.41) is 27.2. The highest BCUT2D eigenvalue weighted by molar-refractivity contribution is 5.93. The van der Waals surface area contributed by atoms with Crippen molar-refractivity contribution in [1.29, 1.82) is 0 Å². The zero-order valence-corrected chi connectivity index (χ0v) is 50.1. The fraction of sp³-hybridized carbons (Fsp3) is 0.714. The summed E-state index contributed by atoms with van der Waals surface area (Å²) in [4.78, 5) is 127. The summed E-state index contributed by atoms with van der Waals surface area (Å²) in [6.07, 6.45) is -0.393. The molecule has 0 saturated heterocycles. The van der Waals surface area contributed by atoms with Gasteiger partial charge in [-0.1, -0.05) is 44.2 Å². The Morgan fingerprint density at radius 1 is 0.500 bits per heavy atom. The monoisotopic (exact) mass is 1170 g/mol. The van der Waals surface area contributed by atoms with Gasteiger partial charge in [0, 0.05) is 32.4 Å². The molecule has 1 aromatic carbocycles. The van der Waals surface area contributed by atoms with Gasteiger partial charge in [0.25, 0.3) is 0 Å². The van der Waals surface area contributed by atoms with Crippen molar-refractivity contribution in [1.82, 2.24) is 37.2 Å². The lowest BCUT2D eigenvalue weighted by molar-refractivity contribution is -0.159. The quantitative estimate of drug-likeness (QED) is 0.0266. The Hall–Kier alpha value is -6.64. The lowest BCUT2D eigenvalue weighted by atomic mass is 10.0. The maximum absolute atomic E-state index is 13.4. The molecule has 0 aromatic heterocycles. The predicted octanol–water partition coefficient (Wildman–Crippen LogP) is 3.49. The van der Waals surface area contributed by atoms with Gasteiger partial charge < -0.3 is 80.2 Å². The minimum absolute atomic E-state index is 0.0380. The minimum Gasteiger partial charge on any atom is -0.480 e. The molecule has 26 heteroatoms. The van der Waals surface area contributed by atoms with Gasteiger partial charge in [0.2, 0.25) is 23.6 Å². The summed E-state index contributed by atoms with van der Waals surface area (Å²) in [5.74, 6) is -5.83. The molecule has 0 bridgehead atoms. The number of carboxylic acids is 1. The van der Waals surface area contributed by atoms with Crippen LogP contribution in [-0.4, -0.2) is 178 Å². The van der Waals surface area contributed by atoms with E-state index in [2.05, 4.69) is 37.2 Å². The van der Waals surface area contributed by atoms with Crippen LogP contribution >= 0.6 is 0 Å². The Labute approximate surface area is 482 Å². The molecule has 0 saturated carbocycles. The number of ether oxygens (including phenoxy) is 8. The van der Waals surface area contributed by atoms with Crippen LogP contribution in [0.5, 0.6) is 0 Å². The van der Waals surface area contributed by atoms with Gasteiger partial charge in [-0.15, -0.1) is 0 Å². The largest absolute Gasteiger partial charge is 0.480 e. The van der Waals surface area contributed by atoms with E-state index < -0.39 is 107 Å². The van der Waals surface area contributed by atoms with Gasteiger partial charge >= 0.3 is 36.0 Å². The molecule has 0 spiro atoms. The van der Waals surface area contributed by atoms with Crippen molar-refractivity contribution in [3.63, 3.8) is 0 Å². The van der Waals surface area contributed by atoms with E-state index in [9.17, 15) is 53.1 Å². The number of carboxylic acid groups (broad SMARTS) is 1. The molecule has 7 amide bonds. The van der Waals surface area contributed by atoms with Gasteiger partial charge in [-0.05, 0) is 113 Å². The number of benzene rings is 1. The number of hydrogen-bond donors (Lipinski definition) is 8. The number of alkyl carbamates (subject to hydrolysis) is 1. The van der Waals surface area contributed by atoms with Crippen molar-refractivity contribution in [2.75, 3.05) is 65.9 Å². The van der Waals surface area contributed by atoms with Crippen LogP contribution in [0, 0.1) is 5.92 Å². The highest BCUT2D eigenvalue weighted by Gasteiger charge is 2.33. The number of amides is 7. The lowest BCUT2D eigenvalue weighted by Gasteiger charge is -2.27. The van der Waals surface area contributed by atoms with Crippen LogP contribution < -0.4 is 37.2 Å². The average molecular weight is 1170 g/mol. The van der Waals surface area contributed by atoms with Crippen molar-refractivity contribution in [3.05, 3.63) is 35.9 Å². The highest BCUT2D eigenvalue weighted by atomic mass is 16.6. The molecule has 26 nitrogen and oxygen atoms in total. The Morgan fingerprint density at radius 2 is 0.988 bits per heavy atom. The molecule has 8 N–H and O–H groups in total. The van der Waals surface area contributed by atoms with E-state index >= 15 is 0 Å². The third-order valence-corrected chi connectivity index (χ3v) is 10.9. The SMILES string of the molecule is CC(C)[C@H](NC(=O)[C@H](CCCCNC(=O)CCOCCOCCOCCOCCNC(=O)CC[C@H](NC(=O)N[C@@H](CCC(=O)OC(C)(C)C)C(=O)OC(C)(C)C)C(=O)OC(C)(C)C)NC(=O)OCc1ccccc1)C(=O)N[C@@H](C)C(=O)O. The normalized spacial score (nSPS) is 13.4. The lowest BCUT2D eigenvalue weighted by Crippen LogP contribution is -2.57. The van der Waals surface area contributed by atoms with E-state index in [1.54, 1.807) is 100 Å². The van der Waals surface area contributed by atoms with Crippen LogP contribution in [-0.2, 0) is 82.9 Å². The maximum Gasteiger partial charge on any atom is 0.408 e. The Kier molecular flexibility index (Phi) is 34.9. The first-order valence-electron chi connectivity index (χ1n) is 27.8. The van der Waals surface area contributed by atoms with Crippen molar-refractivity contribution < 1.29 is 90.9 Å². The maximum atomic E-state index is 13.4. The third-order valence-electron chi connectivity index (χ3n) is 10.9. The first-order valence-corrected chi connectivity index (χ1v) is 27.8. The molecule has 1 aromatic rings. The molecule has 82 heavy (non-hydrogen) atoms. The van der Waals surface area contributed by atoms with E-state index in [-0.39, 0.29) is 117 Å². The summed E-state index contributed by atoms with van der Waals surface area (Å²) in [6, 6.07) is 2.12. The first kappa shape index (κ1) is 73.4. The van der Waals surface area contributed by atoms with Crippen molar-refractivity contribution in [2.24, 2.45) is 5.92 Å². The average Bonchev–Trinajstić information content (AvgIpc) is 3.36. The Bertz CT molecular complexity index is 2140. The van der Waals surface area contributed by atoms with Crippen LogP contribution in [0.1, 0.15) is 140 Å². The zero-order chi connectivity index (χ0) is 61.9. The fourth-order valence-electron chi connectivity index (χ4n) is 6.93. The van der Waals surface area contributed by atoms with E-state index in [4.69, 9.17) is 37.9 Å². The third kappa shape index (κ3) is 37.4. The first-order chi connectivity index (χ1) is 38.3. The standard InChI is InChI=1S/C56H93N7O19/c1-37(2)46(48(68)59-38(3)49(69)70)63-47(67)40(62-53(74)79-36-39-18-14-13-15-19-39)20-16-17-26-57-44(65)25-28-75-30-32-77-34-35-78-33-31-76-29-27-58-43(64)23-21-41(50(71)81-55(7,8)9)60-52(73)61-42(51(72)82-56(10,11)12)22-24-45(66)80-54(4,5)6/h13-15,18-19,37-38,40-42,46H,16-17,20-36H2,1-12H3,(H,57,65)(H,58,64)(H,59,68)(H,62,74)(H,63,67)(H,69,70)(H2,60,61,73)/t38-,40-,41-,42-,46-/m0/s1. The van der Waals surface area contributed by atoms with Crippen LogP contribution in [0.3, 0.4) is 0 Å². The molecule has 466 valence electrons. The van der Waals surface area contributed by atoms with Crippen molar-refractivity contribution in [3.8, 4) is 0 Å². The molecule has 5 atom stereocenters.